The number of hydrogen-bond donors (Lipinski definition) is 0. The summed E-state index contributed by atoms with van der Waals surface area (Å²) >= 11 is 0. The molecule has 0 aliphatic carbocycles. The molecule has 38 heavy (non-hydrogen) atoms. The Kier molecular flexibility index (Phi) is 7.71. The molecule has 0 bridgehead atoms. The van der Waals surface area contributed by atoms with Gasteiger partial charge in [0, 0.05) is 24.8 Å². The highest BCUT2D eigenvalue weighted by Crippen LogP contribution is 2.26. The lowest BCUT2D eigenvalue weighted by atomic mass is 10.0. The molecule has 184 valence electrons. The van der Waals surface area contributed by atoms with Crippen LogP contribution in [0, 0.1) is 13.8 Å². The molecular formula is C34H28N4. The predicted octanol–water partition coefficient (Wildman–Crippen LogP) is 8.24. The Bertz CT molecular complexity index is 1510. The van der Waals surface area contributed by atoms with E-state index in [1.54, 1.807) is 0 Å². The smallest absolute Gasteiger partial charge is 0.0892 e. The summed E-state index contributed by atoms with van der Waals surface area (Å²) in [5.74, 6) is 0. The van der Waals surface area contributed by atoms with Gasteiger partial charge in [-0.15, -0.1) is 0 Å². The maximum absolute atomic E-state index is 4.51. The SMILES string of the molecule is Cc1ccnc(-c2cc(C)ccn2)c1.c1ccc(-c2ccnc(-c3cc(-c4ccccc4)ccn3)c2)cc1. The lowest BCUT2D eigenvalue weighted by Gasteiger charge is -2.07. The van der Waals surface area contributed by atoms with Gasteiger partial charge >= 0.3 is 0 Å². The molecule has 0 N–H and O–H groups in total. The van der Waals surface area contributed by atoms with Gasteiger partial charge in [0.05, 0.1) is 22.8 Å². The maximum atomic E-state index is 4.51. The van der Waals surface area contributed by atoms with Crippen LogP contribution in [0.5, 0.6) is 0 Å². The zero-order valence-electron chi connectivity index (χ0n) is 21.5. The number of rotatable bonds is 4. The van der Waals surface area contributed by atoms with Crippen molar-refractivity contribution in [3.8, 4) is 45.0 Å². The molecular weight excluding hydrogens is 464 g/mol. The zero-order valence-corrected chi connectivity index (χ0v) is 21.5. The summed E-state index contributed by atoms with van der Waals surface area (Å²) in [5, 5.41) is 0. The largest absolute Gasteiger partial charge is 0.255 e. The van der Waals surface area contributed by atoms with Crippen molar-refractivity contribution < 1.29 is 0 Å². The fraction of sp³-hybridized carbons (Fsp3) is 0.0588. The van der Waals surface area contributed by atoms with Crippen molar-refractivity contribution in [2.75, 3.05) is 0 Å². The highest BCUT2D eigenvalue weighted by Gasteiger charge is 2.06. The second-order valence-corrected chi connectivity index (χ2v) is 9.03. The molecule has 0 fully saturated rings. The molecule has 4 heterocycles. The number of nitrogens with zero attached hydrogens (tertiary/aromatic N) is 4. The van der Waals surface area contributed by atoms with Crippen molar-refractivity contribution in [2.24, 2.45) is 0 Å². The lowest BCUT2D eigenvalue weighted by molar-refractivity contribution is 1.21. The molecule has 6 rings (SSSR count). The number of benzene rings is 2. The van der Waals surface area contributed by atoms with E-state index >= 15 is 0 Å². The Balaban J connectivity index is 0.000000179. The second-order valence-electron chi connectivity index (χ2n) is 9.03. The molecule has 4 heteroatoms. The minimum Gasteiger partial charge on any atom is -0.255 e. The molecule has 4 aromatic heterocycles. The molecule has 0 atom stereocenters. The summed E-state index contributed by atoms with van der Waals surface area (Å²) in [4.78, 5) is 17.6. The van der Waals surface area contributed by atoms with Crippen LogP contribution in [0.3, 0.4) is 0 Å². The summed E-state index contributed by atoms with van der Waals surface area (Å²) < 4.78 is 0. The number of aryl methyl sites for hydroxylation is 2. The molecule has 0 amide bonds. The van der Waals surface area contributed by atoms with E-state index in [1.807, 2.05) is 97.6 Å². The van der Waals surface area contributed by atoms with Crippen LogP contribution in [0.2, 0.25) is 0 Å². The average Bonchev–Trinajstić information content (AvgIpc) is 2.99. The molecule has 0 saturated carbocycles. The van der Waals surface area contributed by atoms with E-state index in [0.29, 0.717) is 0 Å². The molecule has 0 unspecified atom stereocenters. The summed E-state index contributed by atoms with van der Waals surface area (Å²) in [6.07, 6.45) is 7.31. The molecule has 0 saturated heterocycles. The first-order valence-corrected chi connectivity index (χ1v) is 12.5. The second kappa shape index (κ2) is 11.8. The van der Waals surface area contributed by atoms with Crippen molar-refractivity contribution in [1.29, 1.82) is 0 Å². The third-order valence-electron chi connectivity index (χ3n) is 6.09. The molecule has 4 nitrogen and oxygen atoms in total. The van der Waals surface area contributed by atoms with E-state index in [1.165, 1.54) is 22.3 Å². The van der Waals surface area contributed by atoms with Crippen molar-refractivity contribution in [2.45, 2.75) is 13.8 Å². The van der Waals surface area contributed by atoms with E-state index in [9.17, 15) is 0 Å². The van der Waals surface area contributed by atoms with Crippen molar-refractivity contribution in [1.82, 2.24) is 19.9 Å². The Morgan fingerprint density at radius 2 is 0.684 bits per heavy atom. The fourth-order valence-electron chi connectivity index (χ4n) is 4.11. The van der Waals surface area contributed by atoms with Crippen molar-refractivity contribution >= 4 is 0 Å². The van der Waals surface area contributed by atoms with Gasteiger partial charge in [-0.25, -0.2) is 0 Å². The highest BCUT2D eigenvalue weighted by atomic mass is 14.8. The minimum atomic E-state index is 0.883. The summed E-state index contributed by atoms with van der Waals surface area (Å²) in [5.41, 5.74) is 10.7. The van der Waals surface area contributed by atoms with Crippen LogP contribution < -0.4 is 0 Å². The zero-order chi connectivity index (χ0) is 26.2. The summed E-state index contributed by atoms with van der Waals surface area (Å²) in [6, 6.07) is 36.9. The van der Waals surface area contributed by atoms with Gasteiger partial charge in [0.2, 0.25) is 0 Å². The Hall–Kier alpha value is -4.96. The van der Waals surface area contributed by atoms with Gasteiger partial charge in [-0.2, -0.15) is 0 Å². The topological polar surface area (TPSA) is 51.6 Å². The Morgan fingerprint density at radius 3 is 1.05 bits per heavy atom. The van der Waals surface area contributed by atoms with Gasteiger partial charge < -0.3 is 0 Å². The first-order chi connectivity index (χ1) is 18.7. The summed E-state index contributed by atoms with van der Waals surface area (Å²) in [6.45, 7) is 4.11. The molecule has 0 radical (unpaired) electrons. The van der Waals surface area contributed by atoms with Crippen LogP contribution in [0.25, 0.3) is 45.0 Å². The third-order valence-corrected chi connectivity index (χ3v) is 6.09. The van der Waals surface area contributed by atoms with Crippen LogP contribution in [0.15, 0.2) is 134 Å². The standard InChI is InChI=1S/C22H16N2.C12H12N2/c1-3-7-17(8-4-1)19-11-13-23-21(15-19)22-16-20(12-14-24-22)18-9-5-2-6-10-18;1-9-3-5-13-11(7-9)12-8-10(2)4-6-14-12/h1-16H;3-8H,1-2H3. The predicted molar refractivity (Wildman–Crippen MR) is 155 cm³/mol. The van der Waals surface area contributed by atoms with Gasteiger partial charge in [0.15, 0.2) is 0 Å². The van der Waals surface area contributed by atoms with E-state index in [4.69, 9.17) is 0 Å². The van der Waals surface area contributed by atoms with Crippen LogP contribution >= 0.6 is 0 Å². The quantitative estimate of drug-likeness (QED) is 0.249. The van der Waals surface area contributed by atoms with Crippen molar-refractivity contribution in [3.05, 3.63) is 145 Å². The van der Waals surface area contributed by atoms with Gasteiger partial charge in [0.1, 0.15) is 0 Å². The minimum absolute atomic E-state index is 0.883. The average molecular weight is 493 g/mol. The van der Waals surface area contributed by atoms with Gasteiger partial charge in [-0.05, 0) is 95.8 Å². The number of aromatic nitrogens is 4. The number of pyridine rings is 4. The molecule has 0 spiro atoms. The molecule has 0 aliphatic heterocycles. The first kappa shape index (κ1) is 24.7. The van der Waals surface area contributed by atoms with Gasteiger partial charge in [-0.3, -0.25) is 19.9 Å². The molecule has 6 aromatic rings. The first-order valence-electron chi connectivity index (χ1n) is 12.5. The van der Waals surface area contributed by atoms with E-state index in [2.05, 4.69) is 70.2 Å². The van der Waals surface area contributed by atoms with E-state index in [0.717, 1.165) is 33.9 Å². The third kappa shape index (κ3) is 6.23. The van der Waals surface area contributed by atoms with E-state index in [-0.39, 0.29) is 0 Å². The van der Waals surface area contributed by atoms with Crippen LogP contribution in [-0.4, -0.2) is 19.9 Å². The Morgan fingerprint density at radius 1 is 0.342 bits per heavy atom. The highest BCUT2D eigenvalue weighted by molar-refractivity contribution is 5.72. The number of hydrogen-bond acceptors (Lipinski definition) is 4. The van der Waals surface area contributed by atoms with Gasteiger partial charge in [0.25, 0.3) is 0 Å². The van der Waals surface area contributed by atoms with Gasteiger partial charge in [-0.1, -0.05) is 60.7 Å². The molecule has 0 aliphatic rings. The monoisotopic (exact) mass is 492 g/mol. The fourth-order valence-corrected chi connectivity index (χ4v) is 4.11. The van der Waals surface area contributed by atoms with Crippen LogP contribution in [-0.2, 0) is 0 Å². The van der Waals surface area contributed by atoms with Crippen LogP contribution in [0.1, 0.15) is 11.1 Å². The molecule has 2 aromatic carbocycles. The maximum Gasteiger partial charge on any atom is 0.0892 e. The Labute approximate surface area is 223 Å². The lowest BCUT2D eigenvalue weighted by Crippen LogP contribution is -1.89. The normalized spacial score (nSPS) is 10.4. The van der Waals surface area contributed by atoms with E-state index < -0.39 is 0 Å². The van der Waals surface area contributed by atoms with Crippen LogP contribution in [0.4, 0.5) is 0 Å². The summed E-state index contributed by atoms with van der Waals surface area (Å²) in [7, 11) is 0. The van der Waals surface area contributed by atoms with Crippen molar-refractivity contribution in [3.63, 3.8) is 0 Å².